The van der Waals surface area contributed by atoms with E-state index >= 15 is 0 Å². The normalized spacial score (nSPS) is 19.8. The van der Waals surface area contributed by atoms with E-state index in [-0.39, 0.29) is 0 Å². The van der Waals surface area contributed by atoms with Crippen LogP contribution in [0.4, 0.5) is 0 Å². The maximum Gasteiger partial charge on any atom is 0.164 e. The van der Waals surface area contributed by atoms with Crippen LogP contribution in [0.1, 0.15) is 36.8 Å². The standard InChI is InChI=1S/C15H21NO2/c1-2-12-13(11-5-7-16-8-6-11)3-4-14-15(12)18-10-9-17-14/h3-4,11,16H,2,5-10H2,1H3. The van der Waals surface area contributed by atoms with Crippen molar-refractivity contribution in [1.29, 1.82) is 0 Å². The van der Waals surface area contributed by atoms with Crippen molar-refractivity contribution in [2.75, 3.05) is 26.3 Å². The van der Waals surface area contributed by atoms with E-state index in [0.717, 1.165) is 31.0 Å². The Hall–Kier alpha value is -1.22. The van der Waals surface area contributed by atoms with E-state index in [1.165, 1.54) is 24.0 Å². The maximum atomic E-state index is 5.84. The third kappa shape index (κ3) is 2.07. The lowest BCUT2D eigenvalue weighted by Crippen LogP contribution is -2.27. The Bertz CT molecular complexity index is 425. The van der Waals surface area contributed by atoms with Gasteiger partial charge in [-0.05, 0) is 49.9 Å². The molecule has 0 unspecified atom stereocenters. The average Bonchev–Trinajstić information content (AvgIpc) is 2.47. The van der Waals surface area contributed by atoms with Gasteiger partial charge in [-0.25, -0.2) is 0 Å². The van der Waals surface area contributed by atoms with Gasteiger partial charge in [-0.15, -0.1) is 0 Å². The highest BCUT2D eigenvalue weighted by Crippen LogP contribution is 2.40. The molecule has 0 atom stereocenters. The molecular weight excluding hydrogens is 226 g/mol. The molecule has 3 heteroatoms. The summed E-state index contributed by atoms with van der Waals surface area (Å²) in [5, 5.41) is 3.43. The van der Waals surface area contributed by atoms with Gasteiger partial charge < -0.3 is 14.8 Å². The van der Waals surface area contributed by atoms with Crippen LogP contribution in [0.15, 0.2) is 12.1 Å². The third-order valence-electron chi connectivity index (χ3n) is 3.98. The highest BCUT2D eigenvalue weighted by Gasteiger charge is 2.23. The first kappa shape index (κ1) is 11.8. The molecule has 1 aromatic carbocycles. The van der Waals surface area contributed by atoms with E-state index in [4.69, 9.17) is 9.47 Å². The molecule has 0 spiro atoms. The van der Waals surface area contributed by atoms with Crippen LogP contribution >= 0.6 is 0 Å². The van der Waals surface area contributed by atoms with Crippen molar-refractivity contribution < 1.29 is 9.47 Å². The molecule has 3 rings (SSSR count). The maximum absolute atomic E-state index is 5.84. The van der Waals surface area contributed by atoms with Crippen LogP contribution in [0, 0.1) is 0 Å². The second-order valence-electron chi connectivity index (χ2n) is 5.04. The summed E-state index contributed by atoms with van der Waals surface area (Å²) < 4.78 is 11.5. The molecule has 2 heterocycles. The molecule has 1 aromatic rings. The van der Waals surface area contributed by atoms with Gasteiger partial charge in [0.05, 0.1) is 0 Å². The predicted octanol–water partition coefficient (Wildman–Crippen LogP) is 2.49. The molecule has 0 saturated carbocycles. The number of ether oxygens (including phenoxy) is 2. The van der Waals surface area contributed by atoms with Crippen LogP contribution in [0.2, 0.25) is 0 Å². The first-order valence-electron chi connectivity index (χ1n) is 7.02. The summed E-state index contributed by atoms with van der Waals surface area (Å²) in [5.41, 5.74) is 2.84. The van der Waals surface area contributed by atoms with Crippen molar-refractivity contribution in [3.8, 4) is 11.5 Å². The fourth-order valence-corrected chi connectivity index (χ4v) is 3.07. The molecule has 0 amide bonds. The Labute approximate surface area is 108 Å². The Morgan fingerprint density at radius 2 is 1.94 bits per heavy atom. The molecule has 18 heavy (non-hydrogen) atoms. The quantitative estimate of drug-likeness (QED) is 0.871. The van der Waals surface area contributed by atoms with E-state index in [1.54, 1.807) is 0 Å². The summed E-state index contributed by atoms with van der Waals surface area (Å²) in [6, 6.07) is 4.34. The highest BCUT2D eigenvalue weighted by molar-refractivity contribution is 5.52. The molecule has 1 fully saturated rings. The summed E-state index contributed by atoms with van der Waals surface area (Å²) >= 11 is 0. The van der Waals surface area contributed by atoms with Crippen LogP contribution in [0.25, 0.3) is 0 Å². The fraction of sp³-hybridized carbons (Fsp3) is 0.600. The Kier molecular flexibility index (Phi) is 3.41. The summed E-state index contributed by atoms with van der Waals surface area (Å²) in [6.45, 7) is 5.81. The molecule has 3 nitrogen and oxygen atoms in total. The van der Waals surface area contributed by atoms with Gasteiger partial charge in [0, 0.05) is 5.56 Å². The second-order valence-corrected chi connectivity index (χ2v) is 5.04. The number of fused-ring (bicyclic) bond motifs is 1. The number of benzene rings is 1. The summed E-state index contributed by atoms with van der Waals surface area (Å²) in [4.78, 5) is 0. The largest absolute Gasteiger partial charge is 0.486 e. The first-order valence-corrected chi connectivity index (χ1v) is 7.02. The fourth-order valence-electron chi connectivity index (χ4n) is 3.07. The minimum absolute atomic E-state index is 0.669. The number of nitrogens with one attached hydrogen (secondary N) is 1. The number of piperidine rings is 1. The first-order chi connectivity index (χ1) is 8.90. The zero-order valence-corrected chi connectivity index (χ0v) is 11.0. The van der Waals surface area contributed by atoms with Crippen molar-refractivity contribution >= 4 is 0 Å². The van der Waals surface area contributed by atoms with Crippen LogP contribution in [-0.4, -0.2) is 26.3 Å². The van der Waals surface area contributed by atoms with Crippen molar-refractivity contribution in [3.05, 3.63) is 23.3 Å². The topological polar surface area (TPSA) is 30.5 Å². The zero-order valence-electron chi connectivity index (χ0n) is 11.0. The van der Waals surface area contributed by atoms with E-state index in [9.17, 15) is 0 Å². The van der Waals surface area contributed by atoms with Gasteiger partial charge in [-0.3, -0.25) is 0 Å². The Morgan fingerprint density at radius 1 is 1.17 bits per heavy atom. The van der Waals surface area contributed by atoms with E-state index in [2.05, 4.69) is 24.4 Å². The Balaban J connectivity index is 1.98. The zero-order chi connectivity index (χ0) is 12.4. The lowest BCUT2D eigenvalue weighted by Gasteiger charge is -2.28. The minimum Gasteiger partial charge on any atom is -0.486 e. The molecule has 2 aliphatic heterocycles. The highest BCUT2D eigenvalue weighted by atomic mass is 16.6. The Morgan fingerprint density at radius 3 is 2.72 bits per heavy atom. The number of rotatable bonds is 2. The third-order valence-corrected chi connectivity index (χ3v) is 3.98. The molecule has 2 aliphatic rings. The van der Waals surface area contributed by atoms with Gasteiger partial charge >= 0.3 is 0 Å². The van der Waals surface area contributed by atoms with Crippen molar-refractivity contribution in [2.45, 2.75) is 32.1 Å². The van der Waals surface area contributed by atoms with Crippen molar-refractivity contribution in [2.24, 2.45) is 0 Å². The average molecular weight is 247 g/mol. The SMILES string of the molecule is CCc1c(C2CCNCC2)ccc2c1OCCO2. The molecule has 0 aliphatic carbocycles. The van der Waals surface area contributed by atoms with Gasteiger partial charge in [-0.2, -0.15) is 0 Å². The molecule has 98 valence electrons. The molecule has 1 saturated heterocycles. The van der Waals surface area contributed by atoms with E-state index in [0.29, 0.717) is 19.1 Å². The van der Waals surface area contributed by atoms with Gasteiger partial charge in [0.15, 0.2) is 11.5 Å². The lowest BCUT2D eigenvalue weighted by atomic mass is 9.86. The second kappa shape index (κ2) is 5.19. The van der Waals surface area contributed by atoms with Crippen molar-refractivity contribution in [1.82, 2.24) is 5.32 Å². The van der Waals surface area contributed by atoms with Crippen LogP contribution in [-0.2, 0) is 6.42 Å². The van der Waals surface area contributed by atoms with Crippen LogP contribution in [0.5, 0.6) is 11.5 Å². The molecule has 0 aromatic heterocycles. The van der Waals surface area contributed by atoms with E-state index < -0.39 is 0 Å². The minimum atomic E-state index is 0.669. The van der Waals surface area contributed by atoms with Crippen molar-refractivity contribution in [3.63, 3.8) is 0 Å². The summed E-state index contributed by atoms with van der Waals surface area (Å²) in [6.07, 6.45) is 3.48. The number of hydrogen-bond acceptors (Lipinski definition) is 3. The molecule has 0 bridgehead atoms. The summed E-state index contributed by atoms with van der Waals surface area (Å²) in [5.74, 6) is 2.60. The smallest absolute Gasteiger partial charge is 0.164 e. The monoisotopic (exact) mass is 247 g/mol. The molecular formula is C15H21NO2. The van der Waals surface area contributed by atoms with Gasteiger partial charge in [0.1, 0.15) is 13.2 Å². The van der Waals surface area contributed by atoms with Gasteiger partial charge in [0.25, 0.3) is 0 Å². The van der Waals surface area contributed by atoms with Gasteiger partial charge in [-0.1, -0.05) is 13.0 Å². The van der Waals surface area contributed by atoms with E-state index in [1.807, 2.05) is 0 Å². The van der Waals surface area contributed by atoms with Crippen LogP contribution in [0.3, 0.4) is 0 Å². The number of hydrogen-bond donors (Lipinski definition) is 1. The predicted molar refractivity (Wildman–Crippen MR) is 71.7 cm³/mol. The summed E-state index contributed by atoms with van der Waals surface area (Å²) in [7, 11) is 0. The molecule has 0 radical (unpaired) electrons. The molecule has 1 N–H and O–H groups in total. The van der Waals surface area contributed by atoms with Gasteiger partial charge in [0.2, 0.25) is 0 Å². The van der Waals surface area contributed by atoms with Crippen LogP contribution < -0.4 is 14.8 Å². The lowest BCUT2D eigenvalue weighted by molar-refractivity contribution is 0.169.